The third kappa shape index (κ3) is 3.07. The highest BCUT2D eigenvalue weighted by molar-refractivity contribution is 7.99. The van der Waals surface area contributed by atoms with Gasteiger partial charge in [-0.05, 0) is 12.1 Å². The second kappa shape index (κ2) is 5.25. The number of carbonyl (C=O) groups excluding carboxylic acids is 1. The molecule has 0 aromatic carbocycles. The van der Waals surface area contributed by atoms with Crippen molar-refractivity contribution < 1.29 is 9.53 Å². The van der Waals surface area contributed by atoms with Gasteiger partial charge in [0.15, 0.2) is 0 Å². The molecule has 0 N–H and O–H groups in total. The number of nitriles is 1. The number of hydrogen-bond acceptors (Lipinski definition) is 5. The standard InChI is InChI=1S/C9H8N2O2S/c1-13-9(12)6-14-8-4-7(5-10)2-3-11-8/h2-4H,6H2,1H3. The normalized spacial score (nSPS) is 9.14. The minimum atomic E-state index is -0.306. The number of aromatic nitrogens is 1. The highest BCUT2D eigenvalue weighted by atomic mass is 32.2. The maximum Gasteiger partial charge on any atom is 0.316 e. The molecule has 0 radical (unpaired) electrons. The zero-order valence-electron chi connectivity index (χ0n) is 7.56. The van der Waals surface area contributed by atoms with Crippen molar-refractivity contribution in [2.45, 2.75) is 5.03 Å². The molecule has 1 aromatic rings. The molecule has 72 valence electrons. The summed E-state index contributed by atoms with van der Waals surface area (Å²) in [5.74, 6) is -0.0996. The SMILES string of the molecule is COC(=O)CSc1cc(C#N)ccn1. The Morgan fingerprint density at radius 3 is 3.21 bits per heavy atom. The van der Waals surface area contributed by atoms with Crippen molar-refractivity contribution in [2.75, 3.05) is 12.9 Å². The quantitative estimate of drug-likeness (QED) is 0.552. The molecule has 0 aliphatic rings. The van der Waals surface area contributed by atoms with Gasteiger partial charge in [0, 0.05) is 6.20 Å². The van der Waals surface area contributed by atoms with Gasteiger partial charge in [0.1, 0.15) is 0 Å². The van der Waals surface area contributed by atoms with Crippen LogP contribution in [0.3, 0.4) is 0 Å². The molecule has 0 spiro atoms. The predicted octanol–water partition coefficient (Wildman–Crippen LogP) is 1.22. The van der Waals surface area contributed by atoms with E-state index in [4.69, 9.17) is 5.26 Å². The van der Waals surface area contributed by atoms with E-state index in [1.807, 2.05) is 6.07 Å². The van der Waals surface area contributed by atoms with Gasteiger partial charge in [0.2, 0.25) is 0 Å². The van der Waals surface area contributed by atoms with Crippen molar-refractivity contribution in [1.29, 1.82) is 5.26 Å². The van der Waals surface area contributed by atoms with Crippen molar-refractivity contribution in [1.82, 2.24) is 4.98 Å². The van der Waals surface area contributed by atoms with Gasteiger partial charge in [0.05, 0.1) is 29.5 Å². The molecule has 0 saturated heterocycles. The van der Waals surface area contributed by atoms with Crippen molar-refractivity contribution in [3.05, 3.63) is 23.9 Å². The third-order valence-corrected chi connectivity index (χ3v) is 2.33. The zero-order chi connectivity index (χ0) is 10.4. The second-order valence-corrected chi connectivity index (χ2v) is 3.35. The fraction of sp³-hybridized carbons (Fsp3) is 0.222. The van der Waals surface area contributed by atoms with E-state index in [0.717, 1.165) is 0 Å². The fourth-order valence-electron chi connectivity index (χ4n) is 0.750. The molecule has 0 atom stereocenters. The lowest BCUT2D eigenvalue weighted by Gasteiger charge is -1.99. The first-order valence-electron chi connectivity index (χ1n) is 3.82. The summed E-state index contributed by atoms with van der Waals surface area (Å²) in [4.78, 5) is 14.8. The minimum Gasteiger partial charge on any atom is -0.468 e. The fourth-order valence-corrected chi connectivity index (χ4v) is 1.48. The zero-order valence-corrected chi connectivity index (χ0v) is 8.37. The number of hydrogen-bond donors (Lipinski definition) is 0. The molecule has 0 aliphatic heterocycles. The summed E-state index contributed by atoms with van der Waals surface area (Å²) in [7, 11) is 1.34. The van der Waals surface area contributed by atoms with E-state index in [9.17, 15) is 4.79 Å². The van der Waals surface area contributed by atoms with Crippen LogP contribution >= 0.6 is 11.8 Å². The Morgan fingerprint density at radius 1 is 1.79 bits per heavy atom. The third-order valence-electron chi connectivity index (χ3n) is 1.43. The Labute approximate surface area is 85.9 Å². The first-order chi connectivity index (χ1) is 6.76. The van der Waals surface area contributed by atoms with E-state index in [1.54, 1.807) is 12.1 Å². The van der Waals surface area contributed by atoms with Crippen LogP contribution < -0.4 is 0 Å². The number of nitrogens with zero attached hydrogens (tertiary/aromatic N) is 2. The number of carbonyl (C=O) groups is 1. The molecule has 0 amide bonds. The second-order valence-electron chi connectivity index (χ2n) is 2.36. The number of methoxy groups -OCH3 is 1. The highest BCUT2D eigenvalue weighted by Gasteiger charge is 2.03. The van der Waals surface area contributed by atoms with E-state index in [1.165, 1.54) is 25.1 Å². The largest absolute Gasteiger partial charge is 0.468 e. The Balaban J connectivity index is 2.60. The van der Waals surface area contributed by atoms with Crippen LogP contribution in [-0.2, 0) is 9.53 Å². The van der Waals surface area contributed by atoms with Crippen LogP contribution in [0.5, 0.6) is 0 Å². The van der Waals surface area contributed by atoms with Crippen molar-refractivity contribution in [2.24, 2.45) is 0 Å². The van der Waals surface area contributed by atoms with Crippen LogP contribution in [0, 0.1) is 11.3 Å². The summed E-state index contributed by atoms with van der Waals surface area (Å²) in [6, 6.07) is 5.25. The topological polar surface area (TPSA) is 63.0 Å². The van der Waals surface area contributed by atoms with Gasteiger partial charge in [-0.2, -0.15) is 5.26 Å². The Kier molecular flexibility index (Phi) is 3.95. The number of ether oxygens (including phenoxy) is 1. The lowest BCUT2D eigenvalue weighted by Crippen LogP contribution is -2.03. The van der Waals surface area contributed by atoms with Crippen molar-refractivity contribution >= 4 is 17.7 Å². The minimum absolute atomic E-state index is 0.207. The number of rotatable bonds is 3. The summed E-state index contributed by atoms with van der Waals surface area (Å²) >= 11 is 1.25. The van der Waals surface area contributed by atoms with Gasteiger partial charge < -0.3 is 4.74 Å². The molecule has 5 heteroatoms. The summed E-state index contributed by atoms with van der Waals surface area (Å²) in [6.45, 7) is 0. The maximum absolute atomic E-state index is 10.8. The molecule has 0 unspecified atom stereocenters. The molecule has 1 aromatic heterocycles. The molecule has 0 fully saturated rings. The van der Waals surface area contributed by atoms with Crippen LogP contribution in [0.15, 0.2) is 23.4 Å². The Bertz CT molecular complexity index is 373. The smallest absolute Gasteiger partial charge is 0.316 e. The van der Waals surface area contributed by atoms with E-state index in [0.29, 0.717) is 10.6 Å². The van der Waals surface area contributed by atoms with Crippen LogP contribution in [0.4, 0.5) is 0 Å². The first-order valence-corrected chi connectivity index (χ1v) is 4.80. The molecule has 1 heterocycles. The molecule has 0 aliphatic carbocycles. The van der Waals surface area contributed by atoms with Gasteiger partial charge in [-0.25, -0.2) is 4.98 Å². The molecular formula is C9H8N2O2S. The highest BCUT2D eigenvalue weighted by Crippen LogP contribution is 2.15. The van der Waals surface area contributed by atoms with Crippen molar-refractivity contribution in [3.8, 4) is 6.07 Å². The van der Waals surface area contributed by atoms with Crippen LogP contribution in [0.2, 0.25) is 0 Å². The van der Waals surface area contributed by atoms with Crippen LogP contribution in [0.25, 0.3) is 0 Å². The molecular weight excluding hydrogens is 200 g/mol. The van der Waals surface area contributed by atoms with Gasteiger partial charge >= 0.3 is 5.97 Å². The lowest BCUT2D eigenvalue weighted by atomic mass is 10.3. The van der Waals surface area contributed by atoms with E-state index >= 15 is 0 Å². The van der Waals surface area contributed by atoms with E-state index in [-0.39, 0.29) is 11.7 Å². The van der Waals surface area contributed by atoms with E-state index in [2.05, 4.69) is 9.72 Å². The first kappa shape index (κ1) is 10.5. The molecule has 4 nitrogen and oxygen atoms in total. The summed E-state index contributed by atoms with van der Waals surface area (Å²) in [5, 5.41) is 9.25. The van der Waals surface area contributed by atoms with Gasteiger partial charge in [-0.15, -0.1) is 0 Å². The number of pyridine rings is 1. The summed E-state index contributed by atoms with van der Waals surface area (Å²) < 4.78 is 4.48. The van der Waals surface area contributed by atoms with Gasteiger partial charge in [0.25, 0.3) is 0 Å². The van der Waals surface area contributed by atoms with Crippen molar-refractivity contribution in [3.63, 3.8) is 0 Å². The van der Waals surface area contributed by atoms with Crippen LogP contribution in [-0.4, -0.2) is 23.8 Å². The average Bonchev–Trinajstić information content (AvgIpc) is 2.26. The Morgan fingerprint density at radius 2 is 2.57 bits per heavy atom. The van der Waals surface area contributed by atoms with E-state index < -0.39 is 0 Å². The summed E-state index contributed by atoms with van der Waals surface area (Å²) in [5.41, 5.74) is 0.535. The lowest BCUT2D eigenvalue weighted by molar-refractivity contribution is -0.137. The monoisotopic (exact) mass is 208 g/mol. The number of thioether (sulfide) groups is 1. The average molecular weight is 208 g/mol. The molecule has 14 heavy (non-hydrogen) atoms. The summed E-state index contributed by atoms with van der Waals surface area (Å²) in [6.07, 6.45) is 1.54. The molecule has 0 bridgehead atoms. The van der Waals surface area contributed by atoms with Gasteiger partial charge in [-0.3, -0.25) is 4.79 Å². The molecule has 1 rings (SSSR count). The van der Waals surface area contributed by atoms with Crippen LogP contribution in [0.1, 0.15) is 5.56 Å². The van der Waals surface area contributed by atoms with Gasteiger partial charge in [-0.1, -0.05) is 11.8 Å². The predicted molar refractivity (Wildman–Crippen MR) is 51.7 cm³/mol. The maximum atomic E-state index is 10.8. The number of esters is 1. The Hall–Kier alpha value is -1.54. The molecule has 0 saturated carbocycles.